The third kappa shape index (κ3) is 3.05. The average molecular weight is 301 g/mol. The fourth-order valence-electron chi connectivity index (χ4n) is 2.27. The predicted octanol–water partition coefficient (Wildman–Crippen LogP) is 0.408. The Balaban J connectivity index is 1.64. The Kier molecular flexibility index (Phi) is 3.51. The number of rotatable bonds is 3. The molecule has 3 heterocycles. The van der Waals surface area contributed by atoms with Crippen molar-refractivity contribution in [1.82, 2.24) is 30.0 Å². The van der Waals surface area contributed by atoms with Crippen LogP contribution in [-0.2, 0) is 4.79 Å². The van der Waals surface area contributed by atoms with E-state index in [0.29, 0.717) is 18.9 Å². The summed E-state index contributed by atoms with van der Waals surface area (Å²) in [6, 6.07) is 1.84. The van der Waals surface area contributed by atoms with E-state index in [1.54, 1.807) is 11.0 Å². The van der Waals surface area contributed by atoms with Gasteiger partial charge in [0.25, 0.3) is 0 Å². The third-order valence-electron chi connectivity index (χ3n) is 3.37. The van der Waals surface area contributed by atoms with Gasteiger partial charge in [-0.05, 0) is 20.8 Å². The minimum absolute atomic E-state index is 0.00371. The Morgan fingerprint density at radius 2 is 1.95 bits per heavy atom. The van der Waals surface area contributed by atoms with E-state index < -0.39 is 0 Å². The van der Waals surface area contributed by atoms with Crippen molar-refractivity contribution in [3.63, 3.8) is 0 Å². The van der Waals surface area contributed by atoms with Crippen molar-refractivity contribution < 1.29 is 4.79 Å². The van der Waals surface area contributed by atoms with Gasteiger partial charge in [-0.2, -0.15) is 5.10 Å². The lowest BCUT2D eigenvalue weighted by Gasteiger charge is -2.40. The van der Waals surface area contributed by atoms with Crippen molar-refractivity contribution in [2.24, 2.45) is 5.92 Å². The number of nitrogens with zero attached hydrogens (tertiary/aromatic N) is 6. The van der Waals surface area contributed by atoms with Crippen LogP contribution in [0.4, 0.5) is 5.82 Å². The minimum Gasteiger partial charge on any atom is -0.355 e. The topological polar surface area (TPSA) is 88.8 Å². The van der Waals surface area contributed by atoms with E-state index in [1.165, 1.54) is 12.7 Å². The molecule has 22 heavy (non-hydrogen) atoms. The number of amides is 1. The zero-order valence-corrected chi connectivity index (χ0v) is 12.9. The molecule has 8 heteroatoms. The number of aromatic nitrogens is 5. The standard InChI is InChI=1S/C14H19N7O/c1-14(2,3)19-13(22)10-5-20(6-10)11-4-12(17-8-16-11)21-9-15-7-18-21/h4,7-10H,5-6H2,1-3H3,(H,19,22). The molecule has 0 bridgehead atoms. The highest BCUT2D eigenvalue weighted by atomic mass is 16.2. The molecule has 1 fully saturated rings. The van der Waals surface area contributed by atoms with Crippen molar-refractivity contribution >= 4 is 11.7 Å². The molecule has 0 saturated carbocycles. The highest BCUT2D eigenvalue weighted by Gasteiger charge is 2.35. The summed E-state index contributed by atoms with van der Waals surface area (Å²) < 4.78 is 1.58. The first-order valence-corrected chi connectivity index (χ1v) is 7.16. The maximum Gasteiger partial charge on any atom is 0.227 e. The smallest absolute Gasteiger partial charge is 0.227 e. The molecule has 8 nitrogen and oxygen atoms in total. The first kappa shape index (κ1) is 14.4. The van der Waals surface area contributed by atoms with Crippen LogP contribution in [0.1, 0.15) is 20.8 Å². The third-order valence-corrected chi connectivity index (χ3v) is 3.37. The number of hydrogen-bond donors (Lipinski definition) is 1. The number of carbonyl (C=O) groups excluding carboxylic acids is 1. The van der Waals surface area contributed by atoms with Crippen LogP contribution in [0.25, 0.3) is 5.82 Å². The van der Waals surface area contributed by atoms with Gasteiger partial charge in [0.15, 0.2) is 5.82 Å². The Hall–Kier alpha value is -2.51. The molecule has 0 spiro atoms. The number of hydrogen-bond acceptors (Lipinski definition) is 6. The van der Waals surface area contributed by atoms with Crippen LogP contribution in [0.15, 0.2) is 25.0 Å². The van der Waals surface area contributed by atoms with Gasteiger partial charge < -0.3 is 10.2 Å². The Morgan fingerprint density at radius 1 is 1.23 bits per heavy atom. The molecule has 116 valence electrons. The Morgan fingerprint density at radius 3 is 2.59 bits per heavy atom. The summed E-state index contributed by atoms with van der Waals surface area (Å²) >= 11 is 0. The Labute approximate surface area is 128 Å². The second-order valence-corrected chi connectivity index (χ2v) is 6.42. The van der Waals surface area contributed by atoms with E-state index in [2.05, 4.69) is 30.3 Å². The summed E-state index contributed by atoms with van der Waals surface area (Å²) in [7, 11) is 0. The normalized spacial score (nSPS) is 15.5. The van der Waals surface area contributed by atoms with Crippen molar-refractivity contribution in [1.29, 1.82) is 0 Å². The second kappa shape index (κ2) is 5.36. The first-order valence-electron chi connectivity index (χ1n) is 7.16. The highest BCUT2D eigenvalue weighted by Crippen LogP contribution is 2.24. The quantitative estimate of drug-likeness (QED) is 0.883. The summed E-state index contributed by atoms with van der Waals surface area (Å²) in [5.74, 6) is 1.55. The molecular weight excluding hydrogens is 282 g/mol. The summed E-state index contributed by atoms with van der Waals surface area (Å²) in [5, 5.41) is 7.05. The molecule has 0 radical (unpaired) electrons. The molecule has 2 aromatic heterocycles. The molecule has 1 aliphatic rings. The number of anilines is 1. The maximum absolute atomic E-state index is 12.1. The second-order valence-electron chi connectivity index (χ2n) is 6.42. The van der Waals surface area contributed by atoms with Crippen molar-refractivity contribution in [3.05, 3.63) is 25.0 Å². The van der Waals surface area contributed by atoms with Crippen molar-refractivity contribution in [2.45, 2.75) is 26.3 Å². The molecule has 0 unspecified atom stereocenters. The lowest BCUT2D eigenvalue weighted by molar-refractivity contribution is -0.127. The van der Waals surface area contributed by atoms with Crippen LogP contribution in [0, 0.1) is 5.92 Å². The summed E-state index contributed by atoms with van der Waals surface area (Å²) in [6.45, 7) is 7.27. The van der Waals surface area contributed by atoms with Gasteiger partial charge in [0, 0.05) is 24.7 Å². The monoisotopic (exact) mass is 301 g/mol. The fraction of sp³-hybridized carbons (Fsp3) is 0.500. The predicted molar refractivity (Wildman–Crippen MR) is 80.5 cm³/mol. The van der Waals surface area contributed by atoms with E-state index in [4.69, 9.17) is 0 Å². The van der Waals surface area contributed by atoms with E-state index in [0.717, 1.165) is 5.82 Å². The molecule has 3 rings (SSSR count). The summed E-state index contributed by atoms with van der Waals surface area (Å²) in [4.78, 5) is 26.5. The van der Waals surface area contributed by atoms with Crippen LogP contribution in [0.5, 0.6) is 0 Å². The average Bonchev–Trinajstić information content (AvgIpc) is 2.88. The van der Waals surface area contributed by atoms with Gasteiger partial charge in [0.1, 0.15) is 24.8 Å². The molecule has 0 aliphatic carbocycles. The zero-order valence-electron chi connectivity index (χ0n) is 12.9. The van der Waals surface area contributed by atoms with E-state index in [-0.39, 0.29) is 17.4 Å². The molecule has 1 N–H and O–H groups in total. The molecule has 0 aromatic carbocycles. The fourth-order valence-corrected chi connectivity index (χ4v) is 2.27. The molecule has 1 amide bonds. The minimum atomic E-state index is -0.202. The Bertz CT molecular complexity index is 656. The lowest BCUT2D eigenvalue weighted by atomic mass is 9.97. The summed E-state index contributed by atoms with van der Waals surface area (Å²) in [5.41, 5.74) is -0.202. The number of carbonyl (C=O) groups is 1. The highest BCUT2D eigenvalue weighted by molar-refractivity contribution is 5.82. The van der Waals surface area contributed by atoms with Crippen LogP contribution < -0.4 is 10.2 Å². The molecule has 1 aliphatic heterocycles. The van der Waals surface area contributed by atoms with Crippen LogP contribution in [0.3, 0.4) is 0 Å². The molecule has 0 atom stereocenters. The molecule has 1 saturated heterocycles. The largest absolute Gasteiger partial charge is 0.355 e. The molecule has 2 aromatic rings. The van der Waals surface area contributed by atoms with Gasteiger partial charge in [-0.25, -0.2) is 19.6 Å². The first-order chi connectivity index (χ1) is 10.4. The molecular formula is C14H19N7O. The van der Waals surface area contributed by atoms with Gasteiger partial charge in [-0.3, -0.25) is 4.79 Å². The van der Waals surface area contributed by atoms with Gasteiger partial charge in [0.05, 0.1) is 5.92 Å². The van der Waals surface area contributed by atoms with Crippen LogP contribution >= 0.6 is 0 Å². The van der Waals surface area contributed by atoms with E-state index >= 15 is 0 Å². The van der Waals surface area contributed by atoms with Gasteiger partial charge >= 0.3 is 0 Å². The van der Waals surface area contributed by atoms with Gasteiger partial charge in [-0.1, -0.05) is 0 Å². The summed E-state index contributed by atoms with van der Waals surface area (Å²) in [6.07, 6.45) is 4.54. The van der Waals surface area contributed by atoms with Crippen molar-refractivity contribution in [3.8, 4) is 5.82 Å². The SMILES string of the molecule is CC(C)(C)NC(=O)C1CN(c2cc(-n3cncn3)ncn2)C1. The van der Waals surface area contributed by atoms with Gasteiger partial charge in [0.2, 0.25) is 5.91 Å². The zero-order chi connectivity index (χ0) is 15.7. The maximum atomic E-state index is 12.1. The van der Waals surface area contributed by atoms with E-state index in [9.17, 15) is 4.79 Å². The van der Waals surface area contributed by atoms with Crippen LogP contribution in [0.2, 0.25) is 0 Å². The van der Waals surface area contributed by atoms with Crippen LogP contribution in [-0.4, -0.2) is 49.3 Å². The van der Waals surface area contributed by atoms with E-state index in [1.807, 2.05) is 26.8 Å². The lowest BCUT2D eigenvalue weighted by Crippen LogP contribution is -2.56. The van der Waals surface area contributed by atoms with Gasteiger partial charge in [-0.15, -0.1) is 0 Å². The number of nitrogens with one attached hydrogen (secondary N) is 1. The van der Waals surface area contributed by atoms with Crippen molar-refractivity contribution in [2.75, 3.05) is 18.0 Å².